The molecule has 1 heteroatoms. The van der Waals surface area contributed by atoms with Gasteiger partial charge in [0.1, 0.15) is 0 Å². The molecule has 13 aromatic rings. The van der Waals surface area contributed by atoms with Crippen molar-refractivity contribution in [2.75, 3.05) is 0 Å². The molecule has 65 heavy (non-hydrogen) atoms. The molecule has 12 aromatic carbocycles. The fourth-order valence-corrected chi connectivity index (χ4v) is 11.9. The molecule has 0 radical (unpaired) electrons. The van der Waals surface area contributed by atoms with Gasteiger partial charge in [0.25, 0.3) is 0 Å². The zero-order valence-electron chi connectivity index (χ0n) is 35.5. The summed E-state index contributed by atoms with van der Waals surface area (Å²) in [5.41, 5.74) is 14.9. The van der Waals surface area contributed by atoms with Crippen LogP contribution in [0.3, 0.4) is 0 Å². The summed E-state index contributed by atoms with van der Waals surface area (Å²) in [5.74, 6) is 0. The normalized spacial score (nSPS) is 11.7. The van der Waals surface area contributed by atoms with Crippen LogP contribution in [-0.2, 0) is 0 Å². The molecule has 0 bridgehead atoms. The summed E-state index contributed by atoms with van der Waals surface area (Å²) in [6.45, 7) is 0. The van der Waals surface area contributed by atoms with Crippen LogP contribution in [0.25, 0.3) is 130 Å². The Morgan fingerprint density at radius 1 is 0.200 bits per heavy atom. The first-order chi connectivity index (χ1) is 32.3. The molecule has 13 rings (SSSR count). The first-order valence-electron chi connectivity index (χ1n) is 22.4. The second-order valence-corrected chi connectivity index (χ2v) is 18.1. The van der Waals surface area contributed by atoms with E-state index in [9.17, 15) is 0 Å². The number of thiophene rings is 1. The molecule has 0 saturated carbocycles. The lowest BCUT2D eigenvalue weighted by Crippen LogP contribution is -1.92. The van der Waals surface area contributed by atoms with Crippen molar-refractivity contribution < 1.29 is 0 Å². The highest BCUT2D eigenvalue weighted by Gasteiger charge is 2.22. The summed E-state index contributed by atoms with van der Waals surface area (Å²) in [6, 6.07) is 89.7. The minimum absolute atomic E-state index is 1.21. The van der Waals surface area contributed by atoms with E-state index in [4.69, 9.17) is 0 Å². The van der Waals surface area contributed by atoms with Crippen molar-refractivity contribution in [1.82, 2.24) is 0 Å². The Morgan fingerprint density at radius 2 is 0.569 bits per heavy atom. The maximum Gasteiger partial charge on any atom is 0.0434 e. The van der Waals surface area contributed by atoms with E-state index in [1.165, 1.54) is 130 Å². The van der Waals surface area contributed by atoms with Crippen molar-refractivity contribution in [3.05, 3.63) is 243 Å². The Balaban J connectivity index is 1.04. The molecule has 302 valence electrons. The van der Waals surface area contributed by atoms with Gasteiger partial charge in [-0.15, -0.1) is 11.3 Å². The van der Waals surface area contributed by atoms with Crippen LogP contribution in [0, 0.1) is 0 Å². The van der Waals surface area contributed by atoms with Gasteiger partial charge in [0.05, 0.1) is 0 Å². The number of rotatable bonds is 6. The van der Waals surface area contributed by atoms with Crippen LogP contribution in [-0.4, -0.2) is 0 Å². The van der Waals surface area contributed by atoms with Gasteiger partial charge in [0.15, 0.2) is 0 Å². The molecule has 1 heterocycles. The third-order valence-electron chi connectivity index (χ3n) is 13.4. The second kappa shape index (κ2) is 15.3. The second-order valence-electron chi connectivity index (χ2n) is 17.1. The van der Waals surface area contributed by atoms with Crippen molar-refractivity contribution in [3.63, 3.8) is 0 Å². The van der Waals surface area contributed by atoms with Crippen LogP contribution >= 0.6 is 11.3 Å². The molecule has 0 aliphatic rings. The minimum atomic E-state index is 1.21. The van der Waals surface area contributed by atoms with Gasteiger partial charge >= 0.3 is 0 Å². The van der Waals surface area contributed by atoms with E-state index in [1.807, 2.05) is 11.3 Å². The van der Waals surface area contributed by atoms with Crippen LogP contribution in [0.4, 0.5) is 0 Å². The van der Waals surface area contributed by atoms with Gasteiger partial charge in [-0.2, -0.15) is 0 Å². The molecule has 0 aliphatic heterocycles. The van der Waals surface area contributed by atoms with Crippen molar-refractivity contribution in [3.8, 4) is 66.8 Å². The van der Waals surface area contributed by atoms with E-state index >= 15 is 0 Å². The average molecular weight is 841 g/mol. The third kappa shape index (κ3) is 6.12. The number of fused-ring (bicyclic) bond motifs is 7. The molecule has 0 fully saturated rings. The van der Waals surface area contributed by atoms with Crippen molar-refractivity contribution >= 4 is 74.6 Å². The molecule has 1 aromatic heterocycles. The zero-order valence-corrected chi connectivity index (χ0v) is 36.3. The standard InChI is InChI=1S/C64H40S/c1-4-19-41(20-5-1)45-37-46(42-21-6-2-7-22-42)39-47(38-45)62-53-29-14-16-31-55(53)63(56-32-17-15-30-54(56)62)58-34-18-33-57-48-36-35-44(40-59(48)65-64(57)58)61-51-27-12-10-25-49(51)60(43-23-8-3-9-24-43)50-26-11-13-28-52(50)61/h1-40H. The van der Waals surface area contributed by atoms with Gasteiger partial charge in [-0.1, -0.05) is 218 Å². The first-order valence-corrected chi connectivity index (χ1v) is 23.2. The molecule has 0 unspecified atom stereocenters. The lowest BCUT2D eigenvalue weighted by atomic mass is 9.84. The minimum Gasteiger partial charge on any atom is -0.135 e. The molecule has 0 saturated heterocycles. The monoisotopic (exact) mass is 840 g/mol. The summed E-state index contributed by atoms with van der Waals surface area (Å²) >= 11 is 1.92. The molecule has 0 N–H and O–H groups in total. The van der Waals surface area contributed by atoms with Gasteiger partial charge in [-0.25, -0.2) is 0 Å². The van der Waals surface area contributed by atoms with Crippen LogP contribution in [0.1, 0.15) is 0 Å². The van der Waals surface area contributed by atoms with E-state index in [1.54, 1.807) is 0 Å². The predicted octanol–water partition coefficient (Wildman–Crippen LogP) is 18.7. The highest BCUT2D eigenvalue weighted by molar-refractivity contribution is 7.26. The zero-order chi connectivity index (χ0) is 42.8. The summed E-state index contributed by atoms with van der Waals surface area (Å²) in [4.78, 5) is 0. The molecular formula is C64H40S. The number of hydrogen-bond donors (Lipinski definition) is 0. The molecule has 0 amide bonds. The summed E-state index contributed by atoms with van der Waals surface area (Å²) in [7, 11) is 0. The molecule has 0 nitrogen and oxygen atoms in total. The quantitative estimate of drug-likeness (QED) is 0.146. The lowest BCUT2D eigenvalue weighted by Gasteiger charge is -2.19. The largest absolute Gasteiger partial charge is 0.135 e. The Kier molecular flexibility index (Phi) is 8.82. The smallest absolute Gasteiger partial charge is 0.0434 e. The van der Waals surface area contributed by atoms with Crippen LogP contribution in [0.2, 0.25) is 0 Å². The number of hydrogen-bond acceptors (Lipinski definition) is 1. The van der Waals surface area contributed by atoms with E-state index in [-0.39, 0.29) is 0 Å². The van der Waals surface area contributed by atoms with Crippen molar-refractivity contribution in [2.45, 2.75) is 0 Å². The van der Waals surface area contributed by atoms with Gasteiger partial charge in [-0.3, -0.25) is 0 Å². The van der Waals surface area contributed by atoms with Gasteiger partial charge in [0, 0.05) is 25.7 Å². The molecular weight excluding hydrogens is 801 g/mol. The van der Waals surface area contributed by atoms with Crippen LogP contribution < -0.4 is 0 Å². The Bertz CT molecular complexity index is 3800. The van der Waals surface area contributed by atoms with E-state index in [0.29, 0.717) is 0 Å². The van der Waals surface area contributed by atoms with Crippen molar-refractivity contribution in [1.29, 1.82) is 0 Å². The topological polar surface area (TPSA) is 0 Å². The fourth-order valence-electron chi connectivity index (χ4n) is 10.6. The van der Waals surface area contributed by atoms with E-state index < -0.39 is 0 Å². The SMILES string of the molecule is c1ccc(-c2cc(-c3ccccc3)cc(-c3c4ccccc4c(-c4cccc5c4sc4cc(-c6c7ccccc7c(-c7ccccc7)c7ccccc67)ccc45)c4ccccc34)c2)cc1. The Hall–Kier alpha value is -8.10. The van der Waals surface area contributed by atoms with Gasteiger partial charge in [0.2, 0.25) is 0 Å². The van der Waals surface area contributed by atoms with Crippen LogP contribution in [0.5, 0.6) is 0 Å². The molecule has 0 spiro atoms. The summed E-state index contributed by atoms with van der Waals surface area (Å²) < 4.78 is 2.61. The Morgan fingerprint density at radius 3 is 1.05 bits per heavy atom. The van der Waals surface area contributed by atoms with Crippen molar-refractivity contribution in [2.24, 2.45) is 0 Å². The fraction of sp³-hybridized carbons (Fsp3) is 0. The van der Waals surface area contributed by atoms with Gasteiger partial charge < -0.3 is 0 Å². The maximum atomic E-state index is 2.45. The predicted molar refractivity (Wildman–Crippen MR) is 282 cm³/mol. The lowest BCUT2D eigenvalue weighted by molar-refractivity contribution is 1.58. The average Bonchev–Trinajstić information content (AvgIpc) is 3.76. The molecule has 0 atom stereocenters. The third-order valence-corrected chi connectivity index (χ3v) is 14.6. The summed E-state index contributed by atoms with van der Waals surface area (Å²) in [5, 5.41) is 12.7. The van der Waals surface area contributed by atoms with Gasteiger partial charge in [-0.05, 0) is 129 Å². The van der Waals surface area contributed by atoms with E-state index in [0.717, 1.165) is 0 Å². The maximum absolute atomic E-state index is 2.45. The summed E-state index contributed by atoms with van der Waals surface area (Å²) in [6.07, 6.45) is 0. The van der Waals surface area contributed by atoms with Crippen LogP contribution in [0.15, 0.2) is 243 Å². The highest BCUT2D eigenvalue weighted by atomic mass is 32.1. The molecule has 0 aliphatic carbocycles. The van der Waals surface area contributed by atoms with E-state index in [2.05, 4.69) is 243 Å². The highest BCUT2D eigenvalue weighted by Crippen LogP contribution is 2.50. The first kappa shape index (κ1) is 37.5. The number of benzene rings is 12. The Labute approximate surface area is 382 Å².